The fraction of sp³-hybridized carbons (Fsp3) is 0.500. The van der Waals surface area contributed by atoms with Crippen molar-refractivity contribution in [1.29, 1.82) is 0 Å². The average Bonchev–Trinajstić information content (AvgIpc) is 2.39. The summed E-state index contributed by atoms with van der Waals surface area (Å²) in [6, 6.07) is 9.43. The summed E-state index contributed by atoms with van der Waals surface area (Å²) in [6.45, 7) is 4.98. The number of carbonyl (C=O) groups excluding carboxylic acids is 1. The van der Waals surface area contributed by atoms with E-state index in [2.05, 4.69) is 19.2 Å². The Morgan fingerprint density at radius 1 is 1.24 bits per heavy atom. The van der Waals surface area contributed by atoms with Gasteiger partial charge in [-0.1, -0.05) is 57.0 Å². The van der Waals surface area contributed by atoms with Gasteiger partial charge in [0.1, 0.15) is 5.38 Å². The van der Waals surface area contributed by atoms with Crippen LogP contribution in [0.25, 0.3) is 0 Å². The van der Waals surface area contributed by atoms with Gasteiger partial charge < -0.3 is 5.32 Å². The summed E-state index contributed by atoms with van der Waals surface area (Å²) in [6.07, 6.45) is 2.16. The van der Waals surface area contributed by atoms with Gasteiger partial charge in [0, 0.05) is 6.54 Å². The third kappa shape index (κ3) is 4.39. The Bertz CT molecular complexity index is 335. The van der Waals surface area contributed by atoms with Crippen LogP contribution in [0.2, 0.25) is 0 Å². The van der Waals surface area contributed by atoms with Crippen molar-refractivity contribution in [2.45, 2.75) is 32.1 Å². The Kier molecular flexibility index (Phi) is 6.06. The molecule has 1 aromatic carbocycles. The molecule has 0 saturated heterocycles. The van der Waals surface area contributed by atoms with Crippen molar-refractivity contribution in [3.8, 4) is 0 Å². The number of benzene rings is 1. The predicted molar refractivity (Wildman–Crippen MR) is 72.1 cm³/mol. The molecule has 1 unspecified atom stereocenters. The van der Waals surface area contributed by atoms with E-state index in [0.29, 0.717) is 12.5 Å². The Balaban J connectivity index is 2.48. The number of alkyl halides is 1. The van der Waals surface area contributed by atoms with E-state index in [9.17, 15) is 4.79 Å². The second-order valence-corrected chi connectivity index (χ2v) is 4.64. The maximum absolute atomic E-state index is 11.8. The van der Waals surface area contributed by atoms with Crippen LogP contribution < -0.4 is 5.32 Å². The SMILES string of the molecule is CCC(CC)CNC(=O)C(Cl)c1ccccc1. The molecule has 17 heavy (non-hydrogen) atoms. The molecule has 0 aliphatic carbocycles. The lowest BCUT2D eigenvalue weighted by atomic mass is 10.0. The second kappa shape index (κ2) is 7.33. The van der Waals surface area contributed by atoms with Crippen LogP contribution in [0.4, 0.5) is 0 Å². The fourth-order valence-corrected chi connectivity index (χ4v) is 1.91. The van der Waals surface area contributed by atoms with Gasteiger partial charge in [0.05, 0.1) is 0 Å². The number of carbonyl (C=O) groups is 1. The molecular weight excluding hydrogens is 234 g/mol. The quantitative estimate of drug-likeness (QED) is 0.773. The Morgan fingerprint density at radius 3 is 2.35 bits per heavy atom. The highest BCUT2D eigenvalue weighted by molar-refractivity contribution is 6.30. The minimum absolute atomic E-state index is 0.107. The lowest BCUT2D eigenvalue weighted by Gasteiger charge is -2.15. The summed E-state index contributed by atoms with van der Waals surface area (Å²) in [4.78, 5) is 11.8. The maximum Gasteiger partial charge on any atom is 0.242 e. The minimum Gasteiger partial charge on any atom is -0.354 e. The molecule has 3 heteroatoms. The smallest absolute Gasteiger partial charge is 0.242 e. The van der Waals surface area contributed by atoms with E-state index in [-0.39, 0.29) is 5.91 Å². The zero-order chi connectivity index (χ0) is 12.7. The summed E-state index contributed by atoms with van der Waals surface area (Å²) in [7, 11) is 0. The molecule has 1 N–H and O–H groups in total. The molecule has 1 amide bonds. The van der Waals surface area contributed by atoms with Crippen molar-refractivity contribution in [3.05, 3.63) is 35.9 Å². The molecule has 2 nitrogen and oxygen atoms in total. The minimum atomic E-state index is -0.592. The highest BCUT2D eigenvalue weighted by Crippen LogP contribution is 2.20. The van der Waals surface area contributed by atoms with E-state index in [4.69, 9.17) is 11.6 Å². The molecule has 0 saturated carbocycles. The third-order valence-electron chi connectivity index (χ3n) is 3.04. The number of rotatable bonds is 6. The van der Waals surface area contributed by atoms with Gasteiger partial charge in [0.15, 0.2) is 0 Å². The number of nitrogens with one attached hydrogen (secondary N) is 1. The lowest BCUT2D eigenvalue weighted by Crippen LogP contribution is -2.31. The molecule has 0 bridgehead atoms. The van der Waals surface area contributed by atoms with Crippen LogP contribution in [0, 0.1) is 5.92 Å². The Hall–Kier alpha value is -1.02. The van der Waals surface area contributed by atoms with Crippen LogP contribution in [0.15, 0.2) is 30.3 Å². The first-order valence-corrected chi connectivity index (χ1v) is 6.59. The van der Waals surface area contributed by atoms with E-state index < -0.39 is 5.38 Å². The van der Waals surface area contributed by atoms with Gasteiger partial charge in [-0.3, -0.25) is 4.79 Å². The maximum atomic E-state index is 11.8. The molecule has 1 aromatic rings. The van der Waals surface area contributed by atoms with Crippen LogP contribution in [0.3, 0.4) is 0 Å². The van der Waals surface area contributed by atoms with E-state index in [1.807, 2.05) is 30.3 Å². The number of hydrogen-bond acceptors (Lipinski definition) is 1. The third-order valence-corrected chi connectivity index (χ3v) is 3.49. The van der Waals surface area contributed by atoms with Gasteiger partial charge >= 0.3 is 0 Å². The normalized spacial score (nSPS) is 12.5. The molecule has 0 radical (unpaired) electrons. The average molecular weight is 254 g/mol. The lowest BCUT2D eigenvalue weighted by molar-refractivity contribution is -0.121. The van der Waals surface area contributed by atoms with Crippen LogP contribution >= 0.6 is 11.6 Å². The zero-order valence-electron chi connectivity index (χ0n) is 10.4. The second-order valence-electron chi connectivity index (χ2n) is 4.20. The number of halogens is 1. The van der Waals surface area contributed by atoms with Crippen molar-refractivity contribution in [2.75, 3.05) is 6.54 Å². The standard InChI is InChI=1S/C14H20ClNO/c1-3-11(4-2)10-16-14(17)13(15)12-8-6-5-7-9-12/h5-9,11,13H,3-4,10H2,1-2H3,(H,16,17). The molecule has 0 fully saturated rings. The van der Waals surface area contributed by atoms with Crippen molar-refractivity contribution in [1.82, 2.24) is 5.32 Å². The van der Waals surface area contributed by atoms with Crippen LogP contribution in [0.1, 0.15) is 37.6 Å². The van der Waals surface area contributed by atoms with Gasteiger partial charge in [-0.2, -0.15) is 0 Å². The molecule has 94 valence electrons. The summed E-state index contributed by atoms with van der Waals surface area (Å²) in [5.74, 6) is 0.434. The first kappa shape index (κ1) is 14.0. The van der Waals surface area contributed by atoms with Crippen LogP contribution in [-0.4, -0.2) is 12.5 Å². The van der Waals surface area contributed by atoms with Gasteiger partial charge in [0.25, 0.3) is 0 Å². The molecule has 0 aliphatic heterocycles. The topological polar surface area (TPSA) is 29.1 Å². The molecule has 0 aliphatic rings. The van der Waals surface area contributed by atoms with Gasteiger partial charge in [-0.15, -0.1) is 11.6 Å². The summed E-state index contributed by atoms with van der Waals surface area (Å²) in [5, 5.41) is 2.32. The number of hydrogen-bond donors (Lipinski definition) is 1. The monoisotopic (exact) mass is 253 g/mol. The molecule has 0 spiro atoms. The van der Waals surface area contributed by atoms with E-state index in [1.165, 1.54) is 0 Å². The molecule has 1 rings (SSSR count). The van der Waals surface area contributed by atoms with E-state index in [1.54, 1.807) is 0 Å². The molecule has 0 heterocycles. The molecular formula is C14H20ClNO. The van der Waals surface area contributed by atoms with Gasteiger partial charge in [0.2, 0.25) is 5.91 Å². The van der Waals surface area contributed by atoms with Crippen molar-refractivity contribution < 1.29 is 4.79 Å². The molecule has 1 atom stereocenters. The predicted octanol–water partition coefficient (Wildman–Crippen LogP) is 3.52. The number of amides is 1. The van der Waals surface area contributed by atoms with Gasteiger partial charge in [-0.25, -0.2) is 0 Å². The summed E-state index contributed by atoms with van der Waals surface area (Å²) >= 11 is 6.11. The summed E-state index contributed by atoms with van der Waals surface area (Å²) in [5.41, 5.74) is 0.844. The largest absolute Gasteiger partial charge is 0.354 e. The highest BCUT2D eigenvalue weighted by Gasteiger charge is 2.17. The van der Waals surface area contributed by atoms with Gasteiger partial charge in [-0.05, 0) is 11.5 Å². The highest BCUT2D eigenvalue weighted by atomic mass is 35.5. The molecule has 0 aromatic heterocycles. The van der Waals surface area contributed by atoms with Crippen molar-refractivity contribution in [2.24, 2.45) is 5.92 Å². The fourth-order valence-electron chi connectivity index (χ4n) is 1.69. The van der Waals surface area contributed by atoms with Crippen molar-refractivity contribution >= 4 is 17.5 Å². The Labute approximate surface area is 108 Å². The van der Waals surface area contributed by atoms with Crippen LogP contribution in [0.5, 0.6) is 0 Å². The van der Waals surface area contributed by atoms with E-state index >= 15 is 0 Å². The summed E-state index contributed by atoms with van der Waals surface area (Å²) < 4.78 is 0. The van der Waals surface area contributed by atoms with E-state index in [0.717, 1.165) is 18.4 Å². The first-order chi connectivity index (χ1) is 8.19. The Morgan fingerprint density at radius 2 is 1.82 bits per heavy atom. The van der Waals surface area contributed by atoms with Crippen molar-refractivity contribution in [3.63, 3.8) is 0 Å². The zero-order valence-corrected chi connectivity index (χ0v) is 11.2. The van der Waals surface area contributed by atoms with Crippen LogP contribution in [-0.2, 0) is 4.79 Å². The first-order valence-electron chi connectivity index (χ1n) is 6.15.